The summed E-state index contributed by atoms with van der Waals surface area (Å²) in [6.07, 6.45) is 23.7. The van der Waals surface area contributed by atoms with Crippen LogP contribution in [0, 0.1) is 63.1 Å². The van der Waals surface area contributed by atoms with E-state index in [-0.39, 0.29) is 14.1 Å². The van der Waals surface area contributed by atoms with Crippen LogP contribution in [0.5, 0.6) is 0 Å². The van der Waals surface area contributed by atoms with Crippen LogP contribution < -0.4 is 0 Å². The van der Waals surface area contributed by atoms with Crippen molar-refractivity contribution < 1.29 is 0 Å². The van der Waals surface area contributed by atoms with E-state index >= 15 is 0 Å². The summed E-state index contributed by atoms with van der Waals surface area (Å²) in [7, 11) is 0. The molecule has 1 saturated heterocycles. The minimum atomic E-state index is -0.329. The van der Waals surface area contributed by atoms with E-state index < -0.39 is 0 Å². The van der Waals surface area contributed by atoms with Gasteiger partial charge in [-0.15, -0.1) is 0 Å². The molecular weight excluding hydrogens is 447 g/mol. The first kappa shape index (κ1) is 26.7. The van der Waals surface area contributed by atoms with E-state index in [9.17, 15) is 0 Å². The third-order valence-corrected chi connectivity index (χ3v) is 18.7. The van der Waals surface area contributed by atoms with Crippen LogP contribution in [0.1, 0.15) is 138 Å². The van der Waals surface area contributed by atoms with Gasteiger partial charge < -0.3 is 0 Å². The van der Waals surface area contributed by atoms with Crippen molar-refractivity contribution in [2.45, 2.75) is 154 Å². The first-order valence-electron chi connectivity index (χ1n) is 17.1. The maximum Gasteiger partial charge on any atom is 0.262 e. The highest BCUT2D eigenvalue weighted by atomic mass is 27.2. The van der Waals surface area contributed by atoms with Crippen molar-refractivity contribution in [1.82, 2.24) is 0 Å². The van der Waals surface area contributed by atoms with Gasteiger partial charge in [0.1, 0.15) is 0 Å². The molecule has 6 fully saturated rings. The lowest BCUT2D eigenvalue weighted by atomic mass is 9.38. The molecule has 8 atom stereocenters. The summed E-state index contributed by atoms with van der Waals surface area (Å²) >= 11 is -0.329. The second-order valence-electron chi connectivity index (χ2n) is 17.3. The maximum absolute atomic E-state index is 2.83. The van der Waals surface area contributed by atoms with Gasteiger partial charge in [0, 0.05) is 0 Å². The highest BCUT2D eigenvalue weighted by Gasteiger charge is 2.65. The number of hydrogen-bond acceptors (Lipinski definition) is 0. The molecule has 5 saturated carbocycles. The largest absolute Gasteiger partial charge is 0.262 e. The Morgan fingerprint density at radius 1 is 0.778 bits per heavy atom. The van der Waals surface area contributed by atoms with Crippen LogP contribution in [0.2, 0.25) is 15.8 Å². The molecule has 0 amide bonds. The second-order valence-corrected chi connectivity index (χ2v) is 20.8. The summed E-state index contributed by atoms with van der Waals surface area (Å²) in [4.78, 5) is 0. The zero-order chi connectivity index (χ0) is 25.3. The Balaban J connectivity index is 1.10. The van der Waals surface area contributed by atoms with Crippen molar-refractivity contribution in [3.8, 4) is 0 Å². The van der Waals surface area contributed by atoms with Gasteiger partial charge in [0.15, 0.2) is 0 Å². The summed E-state index contributed by atoms with van der Waals surface area (Å²) in [6, 6.07) is 0. The quantitative estimate of drug-likeness (QED) is 0.313. The molecule has 2 spiro atoms. The van der Waals surface area contributed by atoms with Crippen molar-refractivity contribution in [2.75, 3.05) is 0 Å². The summed E-state index contributed by atoms with van der Waals surface area (Å²) in [5.41, 5.74) is 3.03. The normalized spacial score (nSPS) is 50.8. The van der Waals surface area contributed by atoms with Crippen molar-refractivity contribution in [3.63, 3.8) is 0 Å². The zero-order valence-electron chi connectivity index (χ0n) is 25.3. The Bertz CT molecular complexity index is 792. The van der Waals surface area contributed by atoms with Gasteiger partial charge >= 0.3 is 0 Å². The van der Waals surface area contributed by atoms with E-state index in [2.05, 4.69) is 41.5 Å². The predicted octanol–water partition coefficient (Wildman–Crippen LogP) is 10.8. The van der Waals surface area contributed by atoms with Crippen molar-refractivity contribution >= 4 is 14.1 Å². The SMILES string of the molecule is C[CH2][Al]1[CH2]CC2([CH2]1)CC1(CC[C@@]3(C)[C@@H](CC[C@@H]4[C@@H]3CC[C@]3(C)[C@@H]([C@H](C)CCCC(C)C)CC[C@@H]43)C1)C2. The van der Waals surface area contributed by atoms with Crippen LogP contribution in [0.25, 0.3) is 0 Å². The molecule has 6 rings (SSSR count). The van der Waals surface area contributed by atoms with Gasteiger partial charge in [-0.25, -0.2) is 0 Å². The van der Waals surface area contributed by atoms with E-state index in [0.717, 1.165) is 52.3 Å². The molecule has 0 unspecified atom stereocenters. The van der Waals surface area contributed by atoms with Crippen LogP contribution in [0.3, 0.4) is 0 Å². The summed E-state index contributed by atoms with van der Waals surface area (Å²) < 4.78 is 0. The minimum Gasteiger partial charge on any atom is -0.0967 e. The Hall–Kier alpha value is 0.532. The summed E-state index contributed by atoms with van der Waals surface area (Å²) in [5.74, 6) is 7.12. The maximum atomic E-state index is 2.83. The molecule has 5 aliphatic carbocycles. The molecule has 0 aromatic rings. The Morgan fingerprint density at radius 2 is 1.56 bits per heavy atom. The molecule has 0 aromatic heterocycles. The molecule has 1 aliphatic heterocycles. The van der Waals surface area contributed by atoms with E-state index in [0.29, 0.717) is 10.8 Å². The van der Waals surface area contributed by atoms with E-state index in [4.69, 9.17) is 0 Å². The average Bonchev–Trinajstić information content (AvgIpc) is 3.40. The molecule has 0 nitrogen and oxygen atoms in total. The van der Waals surface area contributed by atoms with Gasteiger partial charge in [0.25, 0.3) is 14.1 Å². The minimum absolute atomic E-state index is 0.329. The molecule has 204 valence electrons. The third kappa shape index (κ3) is 4.25. The fraction of sp³-hybridized carbons (Fsp3) is 1.00. The Kier molecular flexibility index (Phi) is 7.11. The second kappa shape index (κ2) is 9.57. The van der Waals surface area contributed by atoms with Crippen LogP contribution in [0.15, 0.2) is 0 Å². The van der Waals surface area contributed by atoms with Gasteiger partial charge in [-0.2, -0.15) is 0 Å². The van der Waals surface area contributed by atoms with Gasteiger partial charge in [-0.05, 0) is 134 Å². The summed E-state index contributed by atoms with van der Waals surface area (Å²) in [5, 5.41) is 5.00. The predicted molar refractivity (Wildman–Crippen MR) is 158 cm³/mol. The number of fused-ring (bicyclic) bond motifs is 5. The first-order chi connectivity index (χ1) is 17.1. The standard InChI is InChI=1S/C33H56.C2H5.Al/c1-8-30(5)21-33(22-30)19-18-31(6)25(20-33)12-13-26-28-15-14-27(24(4)11-9-10-23(2)3)32(28,7)17-16-29(26)31;1-2;/h23-29H,1,5,8-22H2,2-4,6-7H3;1H2,2H3;/t24-,25+,26+,27-,28+,29+,30?,31+,32-,33?;;/m1../s1. The highest BCUT2D eigenvalue weighted by molar-refractivity contribution is 6.59. The third-order valence-electron chi connectivity index (χ3n) is 15.0. The average molecular weight is 509 g/mol. The molecule has 36 heavy (non-hydrogen) atoms. The van der Waals surface area contributed by atoms with Gasteiger partial charge in [0.05, 0.1) is 0 Å². The summed E-state index contributed by atoms with van der Waals surface area (Å²) in [6.45, 7) is 15.6. The fourth-order valence-corrected chi connectivity index (χ4v) is 16.9. The number of hydrogen-bond donors (Lipinski definition) is 0. The van der Waals surface area contributed by atoms with Gasteiger partial charge in [-0.1, -0.05) is 83.1 Å². The smallest absolute Gasteiger partial charge is 0.0967 e. The van der Waals surface area contributed by atoms with Crippen molar-refractivity contribution in [2.24, 2.45) is 63.1 Å². The molecule has 0 aromatic carbocycles. The van der Waals surface area contributed by atoms with Crippen LogP contribution in [0.4, 0.5) is 0 Å². The molecular formula is C35H61Al. The Morgan fingerprint density at radius 3 is 2.28 bits per heavy atom. The Labute approximate surface area is 230 Å². The lowest BCUT2D eigenvalue weighted by Crippen LogP contribution is -2.57. The topological polar surface area (TPSA) is 0 Å². The molecule has 1 heteroatoms. The monoisotopic (exact) mass is 508 g/mol. The van der Waals surface area contributed by atoms with E-state index in [1.54, 1.807) is 92.9 Å². The van der Waals surface area contributed by atoms with Gasteiger partial charge in [-0.3, -0.25) is 0 Å². The molecule has 0 radical (unpaired) electrons. The molecule has 1 heterocycles. The van der Waals surface area contributed by atoms with Crippen molar-refractivity contribution in [1.29, 1.82) is 0 Å². The van der Waals surface area contributed by atoms with Crippen LogP contribution in [-0.4, -0.2) is 14.1 Å². The molecule has 0 N–H and O–H groups in total. The van der Waals surface area contributed by atoms with Gasteiger partial charge in [0.2, 0.25) is 0 Å². The van der Waals surface area contributed by atoms with Crippen LogP contribution in [-0.2, 0) is 0 Å². The fourth-order valence-electron chi connectivity index (χ4n) is 13.3. The lowest BCUT2D eigenvalue weighted by molar-refractivity contribution is -0.165. The highest BCUT2D eigenvalue weighted by Crippen LogP contribution is 2.74. The van der Waals surface area contributed by atoms with E-state index in [1.807, 2.05) is 0 Å². The van der Waals surface area contributed by atoms with E-state index in [1.165, 1.54) is 19.3 Å². The molecule has 6 aliphatic rings. The first-order valence-corrected chi connectivity index (χ1v) is 19.6. The lowest BCUT2D eigenvalue weighted by Gasteiger charge is -2.67. The zero-order valence-corrected chi connectivity index (χ0v) is 26.5. The number of rotatable bonds is 6. The van der Waals surface area contributed by atoms with Crippen molar-refractivity contribution in [3.05, 3.63) is 0 Å². The van der Waals surface area contributed by atoms with Crippen LogP contribution >= 0.6 is 0 Å². The molecule has 0 bridgehead atoms.